The number of furan rings is 1. The van der Waals surface area contributed by atoms with Crippen LogP contribution in [0.2, 0.25) is 0 Å². The Balaban J connectivity index is 2.00. The molecule has 2 aromatic rings. The van der Waals surface area contributed by atoms with Crippen LogP contribution in [0.4, 0.5) is 4.39 Å². The first kappa shape index (κ1) is 16.2. The quantitative estimate of drug-likeness (QED) is 0.634. The van der Waals surface area contributed by atoms with Gasteiger partial charge in [-0.1, -0.05) is 12.1 Å². The van der Waals surface area contributed by atoms with E-state index in [-0.39, 0.29) is 18.2 Å². The summed E-state index contributed by atoms with van der Waals surface area (Å²) in [6.45, 7) is 1.90. The second kappa shape index (κ2) is 6.83. The van der Waals surface area contributed by atoms with Gasteiger partial charge < -0.3 is 9.15 Å². The number of benzene rings is 1. The first-order valence-electron chi connectivity index (χ1n) is 7.80. The number of hydrogen-bond acceptors (Lipinski definition) is 4. The maximum atomic E-state index is 13.2. The zero-order valence-electron chi connectivity index (χ0n) is 13.2. The third-order valence-electron chi connectivity index (χ3n) is 4.14. The van der Waals surface area contributed by atoms with E-state index >= 15 is 0 Å². The molecule has 1 aromatic carbocycles. The van der Waals surface area contributed by atoms with Crippen molar-refractivity contribution in [3.05, 3.63) is 65.9 Å². The normalized spacial score (nSPS) is 20.6. The number of allylic oxidation sites excluding steroid dienone is 2. The maximum absolute atomic E-state index is 13.2. The number of carbonyl (C=O) groups is 2. The molecule has 1 aromatic heterocycles. The highest BCUT2D eigenvalue weighted by molar-refractivity contribution is 6.10. The van der Waals surface area contributed by atoms with E-state index in [9.17, 15) is 14.0 Å². The molecule has 0 spiro atoms. The first-order chi connectivity index (χ1) is 11.6. The molecule has 0 fully saturated rings. The zero-order chi connectivity index (χ0) is 17.1. The van der Waals surface area contributed by atoms with Crippen LogP contribution in [-0.4, -0.2) is 18.4 Å². The molecule has 0 radical (unpaired) electrons. The molecule has 124 valence electrons. The summed E-state index contributed by atoms with van der Waals surface area (Å²) < 4.78 is 23.7. The van der Waals surface area contributed by atoms with Crippen LogP contribution in [-0.2, 0) is 14.3 Å². The minimum Gasteiger partial charge on any atom is -0.465 e. The van der Waals surface area contributed by atoms with Crippen LogP contribution in [0, 0.1) is 11.7 Å². The molecule has 1 heterocycles. The topological polar surface area (TPSA) is 56.5 Å². The van der Waals surface area contributed by atoms with E-state index < -0.39 is 17.8 Å². The van der Waals surface area contributed by atoms with Crippen LogP contribution in [0.25, 0.3) is 5.57 Å². The van der Waals surface area contributed by atoms with E-state index in [2.05, 4.69) is 0 Å². The fourth-order valence-corrected chi connectivity index (χ4v) is 3.04. The minimum absolute atomic E-state index is 0.202. The highest BCUT2D eigenvalue weighted by Gasteiger charge is 2.40. The number of ether oxygens (including phenoxy) is 1. The van der Waals surface area contributed by atoms with E-state index in [0.717, 1.165) is 11.1 Å². The molecule has 0 aliphatic heterocycles. The Hall–Kier alpha value is -2.69. The molecule has 0 bridgehead atoms. The van der Waals surface area contributed by atoms with Crippen molar-refractivity contribution in [2.75, 3.05) is 6.61 Å². The van der Waals surface area contributed by atoms with Gasteiger partial charge in [-0.2, -0.15) is 0 Å². The molecular weight excluding hydrogens is 311 g/mol. The molecule has 3 rings (SSSR count). The van der Waals surface area contributed by atoms with Crippen LogP contribution in [0.3, 0.4) is 0 Å². The number of esters is 1. The van der Waals surface area contributed by atoms with Gasteiger partial charge in [-0.15, -0.1) is 0 Å². The molecule has 0 saturated heterocycles. The van der Waals surface area contributed by atoms with Gasteiger partial charge >= 0.3 is 5.97 Å². The van der Waals surface area contributed by atoms with E-state index in [1.807, 2.05) is 0 Å². The van der Waals surface area contributed by atoms with E-state index in [1.54, 1.807) is 31.2 Å². The van der Waals surface area contributed by atoms with Crippen molar-refractivity contribution in [2.45, 2.75) is 19.3 Å². The van der Waals surface area contributed by atoms with E-state index in [1.165, 1.54) is 24.5 Å². The fourth-order valence-electron chi connectivity index (χ4n) is 3.04. The molecule has 0 N–H and O–H groups in total. The first-order valence-corrected chi connectivity index (χ1v) is 7.80. The summed E-state index contributed by atoms with van der Waals surface area (Å²) in [4.78, 5) is 24.9. The Morgan fingerprint density at radius 1 is 1.29 bits per heavy atom. The highest BCUT2D eigenvalue weighted by atomic mass is 19.1. The van der Waals surface area contributed by atoms with Gasteiger partial charge in [0.2, 0.25) is 0 Å². The van der Waals surface area contributed by atoms with Gasteiger partial charge in [0.05, 0.1) is 12.9 Å². The molecule has 1 aliphatic rings. The average molecular weight is 328 g/mol. The van der Waals surface area contributed by atoms with Gasteiger partial charge in [0.15, 0.2) is 5.78 Å². The average Bonchev–Trinajstić information content (AvgIpc) is 3.09. The van der Waals surface area contributed by atoms with Gasteiger partial charge in [-0.05, 0) is 54.8 Å². The Kier molecular flexibility index (Phi) is 4.60. The summed E-state index contributed by atoms with van der Waals surface area (Å²) in [5.41, 5.74) is 1.44. The number of halogens is 1. The lowest BCUT2D eigenvalue weighted by molar-refractivity contribution is -0.151. The molecule has 0 amide bonds. The summed E-state index contributed by atoms with van der Waals surface area (Å²) in [6.07, 6.45) is 3.42. The van der Waals surface area contributed by atoms with Crippen LogP contribution >= 0.6 is 0 Å². The molecule has 0 unspecified atom stereocenters. The van der Waals surface area contributed by atoms with Crippen LogP contribution in [0.15, 0.2) is 53.2 Å². The van der Waals surface area contributed by atoms with E-state index in [0.29, 0.717) is 12.2 Å². The number of rotatable bonds is 4. The molecule has 24 heavy (non-hydrogen) atoms. The lowest BCUT2D eigenvalue weighted by atomic mass is 9.74. The number of carbonyl (C=O) groups excluding carboxylic acids is 2. The summed E-state index contributed by atoms with van der Waals surface area (Å²) in [6, 6.07) is 9.37. The van der Waals surface area contributed by atoms with Gasteiger partial charge in [-0.3, -0.25) is 9.59 Å². The predicted octanol–water partition coefficient (Wildman–Crippen LogP) is 3.74. The Morgan fingerprint density at radius 2 is 2.04 bits per heavy atom. The van der Waals surface area contributed by atoms with Crippen molar-refractivity contribution in [1.82, 2.24) is 0 Å². The van der Waals surface area contributed by atoms with Crippen molar-refractivity contribution in [3.8, 4) is 0 Å². The largest absolute Gasteiger partial charge is 0.465 e. The molecule has 0 saturated carbocycles. The maximum Gasteiger partial charge on any atom is 0.317 e. The second-order valence-electron chi connectivity index (χ2n) is 5.64. The van der Waals surface area contributed by atoms with Crippen LogP contribution in [0.5, 0.6) is 0 Å². The predicted molar refractivity (Wildman–Crippen MR) is 85.6 cm³/mol. The van der Waals surface area contributed by atoms with Crippen molar-refractivity contribution < 1.29 is 23.1 Å². The van der Waals surface area contributed by atoms with Crippen molar-refractivity contribution >= 4 is 17.3 Å². The summed E-state index contributed by atoms with van der Waals surface area (Å²) >= 11 is 0. The van der Waals surface area contributed by atoms with Crippen molar-refractivity contribution in [1.29, 1.82) is 0 Å². The molecule has 4 nitrogen and oxygen atoms in total. The smallest absolute Gasteiger partial charge is 0.317 e. The standard InChI is InChI=1S/C19H17FO4/c1-2-23-19(22)18-15(12-5-7-14(20)8-6-12)10-13(11-16(18)21)17-4-3-9-24-17/h3-9,11,15,18H,2,10H2,1H3/t15-,18+/m0/s1. The third-order valence-corrected chi connectivity index (χ3v) is 4.14. The summed E-state index contributed by atoms with van der Waals surface area (Å²) in [5.74, 6) is -1.98. The number of hydrogen-bond donors (Lipinski definition) is 0. The van der Waals surface area contributed by atoms with Crippen molar-refractivity contribution in [2.24, 2.45) is 5.92 Å². The Labute approximate surface area is 138 Å². The zero-order valence-corrected chi connectivity index (χ0v) is 13.2. The van der Waals surface area contributed by atoms with Crippen molar-refractivity contribution in [3.63, 3.8) is 0 Å². The van der Waals surface area contributed by atoms with Gasteiger partial charge in [-0.25, -0.2) is 4.39 Å². The van der Waals surface area contributed by atoms with Gasteiger partial charge in [0.1, 0.15) is 17.5 Å². The summed E-state index contributed by atoms with van der Waals surface area (Å²) in [7, 11) is 0. The lowest BCUT2D eigenvalue weighted by Crippen LogP contribution is -2.34. The van der Waals surface area contributed by atoms with Gasteiger partial charge in [0, 0.05) is 5.92 Å². The van der Waals surface area contributed by atoms with E-state index in [4.69, 9.17) is 9.15 Å². The van der Waals surface area contributed by atoms with Crippen LogP contribution in [0.1, 0.15) is 30.6 Å². The SMILES string of the molecule is CCOC(=O)[C@H]1C(=O)C=C(c2ccco2)C[C@H]1c1ccc(F)cc1. The minimum atomic E-state index is -0.922. The monoisotopic (exact) mass is 328 g/mol. The van der Waals surface area contributed by atoms with Gasteiger partial charge in [0.25, 0.3) is 0 Å². The molecule has 2 atom stereocenters. The molecular formula is C19H17FO4. The summed E-state index contributed by atoms with van der Waals surface area (Å²) in [5, 5.41) is 0. The lowest BCUT2D eigenvalue weighted by Gasteiger charge is -2.28. The highest BCUT2D eigenvalue weighted by Crippen LogP contribution is 2.40. The Morgan fingerprint density at radius 3 is 2.67 bits per heavy atom. The Bertz CT molecular complexity index is 759. The number of ketones is 1. The fraction of sp³-hybridized carbons (Fsp3) is 0.263. The molecule has 5 heteroatoms. The third kappa shape index (κ3) is 3.15. The molecule has 1 aliphatic carbocycles. The van der Waals surface area contributed by atoms with Crippen LogP contribution < -0.4 is 0 Å². The second-order valence-corrected chi connectivity index (χ2v) is 5.64.